The Balaban J connectivity index is 1.84. The standard InChI is InChI=1S/C19H22N2O4/c22-18(23)13-7-6-12-17-11-5-2-8-14-21(17)20-19(24)25-15-16-9-3-1-4-10-16/h1-5,8-11,14H,6-7,12-13,15H2,(H,20,24)(H,22,23). The third kappa shape index (κ3) is 6.95. The second-order valence-corrected chi connectivity index (χ2v) is 5.53. The van der Waals surface area contributed by atoms with Gasteiger partial charge >= 0.3 is 12.1 Å². The molecule has 0 saturated heterocycles. The van der Waals surface area contributed by atoms with Crippen LogP contribution < -0.4 is 5.43 Å². The highest BCUT2D eigenvalue weighted by atomic mass is 16.6. The molecular weight excluding hydrogens is 320 g/mol. The van der Waals surface area contributed by atoms with E-state index in [1.165, 1.54) is 0 Å². The SMILES string of the molecule is O=C(O)CCCCC1=CC=CC=CN1NC(=O)OCc1ccccc1. The molecule has 132 valence electrons. The van der Waals surface area contributed by atoms with Crippen LogP contribution in [0.4, 0.5) is 4.79 Å². The molecule has 6 nitrogen and oxygen atoms in total. The van der Waals surface area contributed by atoms with E-state index in [0.717, 1.165) is 17.7 Å². The van der Waals surface area contributed by atoms with Crippen molar-refractivity contribution in [3.8, 4) is 0 Å². The Bertz CT molecular complexity index is 665. The van der Waals surface area contributed by atoms with Crippen molar-refractivity contribution in [3.05, 3.63) is 72.1 Å². The zero-order valence-corrected chi connectivity index (χ0v) is 13.9. The molecular formula is C19H22N2O4. The summed E-state index contributed by atoms with van der Waals surface area (Å²) in [6.45, 7) is 0.195. The maximum atomic E-state index is 12.0. The smallest absolute Gasteiger partial charge is 0.426 e. The molecule has 1 amide bonds. The van der Waals surface area contributed by atoms with Gasteiger partial charge in [-0.05, 0) is 37.0 Å². The molecule has 1 aromatic rings. The Kier molecular flexibility index (Phi) is 7.31. The van der Waals surface area contributed by atoms with Crippen LogP contribution in [0.3, 0.4) is 0 Å². The van der Waals surface area contributed by atoms with Gasteiger partial charge in [-0.25, -0.2) is 10.2 Å². The molecule has 1 heterocycles. The maximum Gasteiger partial charge on any atom is 0.426 e. The van der Waals surface area contributed by atoms with Gasteiger partial charge in [-0.3, -0.25) is 9.80 Å². The summed E-state index contributed by atoms with van der Waals surface area (Å²) in [6, 6.07) is 9.45. The molecule has 0 unspecified atom stereocenters. The van der Waals surface area contributed by atoms with Gasteiger partial charge < -0.3 is 9.84 Å². The fourth-order valence-corrected chi connectivity index (χ4v) is 2.29. The highest BCUT2D eigenvalue weighted by Gasteiger charge is 2.12. The minimum Gasteiger partial charge on any atom is -0.481 e. The Labute approximate surface area is 147 Å². The number of hydrogen-bond donors (Lipinski definition) is 2. The van der Waals surface area contributed by atoms with E-state index in [0.29, 0.717) is 12.8 Å². The molecule has 25 heavy (non-hydrogen) atoms. The van der Waals surface area contributed by atoms with Crippen molar-refractivity contribution in [1.29, 1.82) is 0 Å². The third-order valence-corrected chi connectivity index (χ3v) is 3.55. The van der Waals surface area contributed by atoms with E-state index >= 15 is 0 Å². The number of hydrazine groups is 1. The number of hydrogen-bond acceptors (Lipinski definition) is 4. The van der Waals surface area contributed by atoms with Crippen molar-refractivity contribution in [2.45, 2.75) is 32.3 Å². The lowest BCUT2D eigenvalue weighted by Gasteiger charge is -2.23. The van der Waals surface area contributed by atoms with Gasteiger partial charge in [-0.15, -0.1) is 0 Å². The number of carbonyl (C=O) groups excluding carboxylic acids is 1. The van der Waals surface area contributed by atoms with Crippen molar-refractivity contribution in [3.63, 3.8) is 0 Å². The second kappa shape index (κ2) is 9.97. The average Bonchev–Trinajstić information content (AvgIpc) is 2.83. The van der Waals surface area contributed by atoms with E-state index in [1.54, 1.807) is 17.3 Å². The number of carbonyl (C=O) groups is 2. The van der Waals surface area contributed by atoms with Crippen LogP contribution in [0.5, 0.6) is 0 Å². The maximum absolute atomic E-state index is 12.0. The van der Waals surface area contributed by atoms with Gasteiger partial charge in [0.2, 0.25) is 0 Å². The van der Waals surface area contributed by atoms with Crippen molar-refractivity contribution in [1.82, 2.24) is 10.4 Å². The molecule has 0 saturated carbocycles. The van der Waals surface area contributed by atoms with E-state index in [1.807, 2.05) is 48.6 Å². The minimum atomic E-state index is -0.797. The first-order chi connectivity index (χ1) is 12.1. The first-order valence-electron chi connectivity index (χ1n) is 8.17. The predicted molar refractivity (Wildman–Crippen MR) is 94.1 cm³/mol. The number of unbranched alkanes of at least 4 members (excludes halogenated alkanes) is 1. The number of benzene rings is 1. The molecule has 0 fully saturated rings. The Hall–Kier alpha value is -3.02. The Morgan fingerprint density at radius 1 is 1.08 bits per heavy atom. The number of allylic oxidation sites excluding steroid dienone is 5. The van der Waals surface area contributed by atoms with E-state index in [2.05, 4.69) is 5.43 Å². The molecule has 0 radical (unpaired) electrons. The van der Waals surface area contributed by atoms with Crippen molar-refractivity contribution < 1.29 is 19.4 Å². The van der Waals surface area contributed by atoms with Gasteiger partial charge in [0.1, 0.15) is 6.61 Å². The number of carboxylic acids is 1. The number of aliphatic carboxylic acids is 1. The van der Waals surface area contributed by atoms with Gasteiger partial charge in [-0.1, -0.05) is 42.5 Å². The van der Waals surface area contributed by atoms with Crippen LogP contribution >= 0.6 is 0 Å². The van der Waals surface area contributed by atoms with Crippen LogP contribution in [0.25, 0.3) is 0 Å². The average molecular weight is 342 g/mol. The van der Waals surface area contributed by atoms with Crippen LogP contribution in [-0.4, -0.2) is 22.2 Å². The number of nitrogens with zero attached hydrogens (tertiary/aromatic N) is 1. The van der Waals surface area contributed by atoms with Crippen molar-refractivity contribution >= 4 is 12.1 Å². The lowest BCUT2D eigenvalue weighted by atomic mass is 10.1. The summed E-state index contributed by atoms with van der Waals surface area (Å²) >= 11 is 0. The highest BCUT2D eigenvalue weighted by Crippen LogP contribution is 2.15. The van der Waals surface area contributed by atoms with Crippen LogP contribution in [-0.2, 0) is 16.1 Å². The van der Waals surface area contributed by atoms with Gasteiger partial charge in [-0.2, -0.15) is 0 Å². The van der Waals surface area contributed by atoms with Crippen molar-refractivity contribution in [2.75, 3.05) is 0 Å². The van der Waals surface area contributed by atoms with E-state index in [-0.39, 0.29) is 13.0 Å². The predicted octanol–water partition coefficient (Wildman–Crippen LogP) is 3.74. The molecule has 0 atom stereocenters. The van der Waals surface area contributed by atoms with Crippen LogP contribution in [0.15, 0.2) is 66.5 Å². The van der Waals surface area contributed by atoms with E-state index in [9.17, 15) is 9.59 Å². The molecule has 1 aliphatic heterocycles. The molecule has 2 rings (SSSR count). The molecule has 6 heteroatoms. The lowest BCUT2D eigenvalue weighted by Crippen LogP contribution is -2.38. The highest BCUT2D eigenvalue weighted by molar-refractivity contribution is 5.67. The summed E-state index contributed by atoms with van der Waals surface area (Å²) < 4.78 is 5.23. The van der Waals surface area contributed by atoms with Crippen LogP contribution in [0.2, 0.25) is 0 Å². The number of rotatable bonds is 8. The molecule has 2 N–H and O–H groups in total. The van der Waals surface area contributed by atoms with Crippen LogP contribution in [0.1, 0.15) is 31.2 Å². The molecule has 0 bridgehead atoms. The number of nitrogens with one attached hydrogen (secondary N) is 1. The molecule has 0 aliphatic carbocycles. The second-order valence-electron chi connectivity index (χ2n) is 5.53. The normalized spacial score (nSPS) is 13.1. The molecule has 0 spiro atoms. The third-order valence-electron chi connectivity index (χ3n) is 3.55. The van der Waals surface area contributed by atoms with Gasteiger partial charge in [0.15, 0.2) is 0 Å². The van der Waals surface area contributed by atoms with Gasteiger partial charge in [0.05, 0.1) is 0 Å². The van der Waals surface area contributed by atoms with E-state index in [4.69, 9.17) is 9.84 Å². The molecule has 1 aromatic carbocycles. The first-order valence-corrected chi connectivity index (χ1v) is 8.17. The fraction of sp³-hybridized carbons (Fsp3) is 0.263. The summed E-state index contributed by atoms with van der Waals surface area (Å²) in [5.74, 6) is -0.797. The summed E-state index contributed by atoms with van der Waals surface area (Å²) in [5.41, 5.74) is 4.47. The van der Waals surface area contributed by atoms with E-state index < -0.39 is 12.1 Å². The number of carboxylic acid groups (broad SMARTS) is 1. The Morgan fingerprint density at radius 3 is 2.64 bits per heavy atom. The summed E-state index contributed by atoms with van der Waals surface area (Å²) in [5, 5.41) is 10.3. The first kappa shape index (κ1) is 18.3. The quantitative estimate of drug-likeness (QED) is 0.704. The van der Waals surface area contributed by atoms with Crippen molar-refractivity contribution in [2.24, 2.45) is 0 Å². The van der Waals surface area contributed by atoms with Crippen LogP contribution in [0, 0.1) is 0 Å². The number of amides is 1. The van der Waals surface area contributed by atoms with Gasteiger partial charge in [0, 0.05) is 18.3 Å². The lowest BCUT2D eigenvalue weighted by molar-refractivity contribution is -0.137. The van der Waals surface area contributed by atoms with Gasteiger partial charge in [0.25, 0.3) is 0 Å². The zero-order chi connectivity index (χ0) is 17.9. The molecule has 0 aromatic heterocycles. The topological polar surface area (TPSA) is 78.9 Å². The zero-order valence-electron chi connectivity index (χ0n) is 13.9. The molecule has 1 aliphatic rings. The number of ether oxygens (including phenoxy) is 1. The fourth-order valence-electron chi connectivity index (χ4n) is 2.29. The monoisotopic (exact) mass is 342 g/mol. The Morgan fingerprint density at radius 2 is 1.88 bits per heavy atom. The summed E-state index contributed by atoms with van der Waals surface area (Å²) in [7, 11) is 0. The minimum absolute atomic E-state index is 0.144. The summed E-state index contributed by atoms with van der Waals surface area (Å²) in [6.07, 6.45) is 10.7. The largest absolute Gasteiger partial charge is 0.481 e. The summed E-state index contributed by atoms with van der Waals surface area (Å²) in [4.78, 5) is 22.6.